The van der Waals surface area contributed by atoms with Crippen molar-refractivity contribution in [1.29, 1.82) is 0 Å². The summed E-state index contributed by atoms with van der Waals surface area (Å²) < 4.78 is 5.21. The van der Waals surface area contributed by atoms with Crippen LogP contribution in [0.1, 0.15) is 122 Å². The molecular formula is C25H44O5. The molecule has 174 valence electrons. The van der Waals surface area contributed by atoms with E-state index in [-0.39, 0.29) is 12.8 Å². The molecule has 1 aliphatic rings. The van der Waals surface area contributed by atoms with E-state index in [9.17, 15) is 19.5 Å². The summed E-state index contributed by atoms with van der Waals surface area (Å²) in [6.45, 7) is 2.61. The third-order valence-electron chi connectivity index (χ3n) is 6.08. The van der Waals surface area contributed by atoms with Crippen LogP contribution in [0.25, 0.3) is 0 Å². The van der Waals surface area contributed by atoms with Gasteiger partial charge in [0.1, 0.15) is 0 Å². The van der Waals surface area contributed by atoms with Crippen LogP contribution >= 0.6 is 0 Å². The number of hydrogen-bond donors (Lipinski definition) is 1. The van der Waals surface area contributed by atoms with Crippen molar-refractivity contribution in [1.82, 2.24) is 0 Å². The Balaban J connectivity index is 1.83. The molecule has 0 aliphatic heterocycles. The first-order valence-corrected chi connectivity index (χ1v) is 12.5. The first kappa shape index (κ1) is 26.8. The maximum Gasteiger partial charge on any atom is 0.309 e. The van der Waals surface area contributed by atoms with Crippen LogP contribution in [0.3, 0.4) is 0 Å². The lowest BCUT2D eigenvalue weighted by Gasteiger charge is -2.21. The minimum Gasteiger partial charge on any atom is -0.465 e. The van der Waals surface area contributed by atoms with Gasteiger partial charge in [0.05, 0.1) is 12.5 Å². The van der Waals surface area contributed by atoms with Gasteiger partial charge in [0, 0.05) is 12.8 Å². The average molecular weight is 425 g/mol. The van der Waals surface area contributed by atoms with Crippen molar-refractivity contribution < 1.29 is 24.2 Å². The first-order valence-electron chi connectivity index (χ1n) is 12.5. The fourth-order valence-corrected chi connectivity index (χ4v) is 4.07. The summed E-state index contributed by atoms with van der Waals surface area (Å²) in [6.07, 6.45) is 19.0. The van der Waals surface area contributed by atoms with Crippen molar-refractivity contribution in [3.05, 3.63) is 0 Å². The number of Topliss-reactive ketones (excluding diaryl/α,β-unsaturated/α-hetero) is 2. The maximum atomic E-state index is 11.9. The summed E-state index contributed by atoms with van der Waals surface area (Å²) in [6, 6.07) is 0. The zero-order chi connectivity index (χ0) is 22.0. The number of carbonyl (C=O) groups excluding carboxylic acids is 3. The molecule has 0 aromatic rings. The van der Waals surface area contributed by atoms with E-state index in [4.69, 9.17) is 4.74 Å². The summed E-state index contributed by atoms with van der Waals surface area (Å²) in [5.41, 5.74) is 0. The van der Waals surface area contributed by atoms with Gasteiger partial charge < -0.3 is 9.84 Å². The van der Waals surface area contributed by atoms with E-state index in [1.807, 2.05) is 0 Å². The zero-order valence-electron chi connectivity index (χ0n) is 19.2. The molecule has 1 fully saturated rings. The Morgan fingerprint density at radius 3 is 1.50 bits per heavy atom. The van der Waals surface area contributed by atoms with E-state index in [2.05, 4.69) is 6.92 Å². The van der Waals surface area contributed by atoms with Gasteiger partial charge in [-0.2, -0.15) is 0 Å². The molecule has 1 N–H and O–H groups in total. The Kier molecular flexibility index (Phi) is 15.6. The molecule has 1 saturated carbocycles. The summed E-state index contributed by atoms with van der Waals surface area (Å²) in [5.74, 6) is -2.34. The van der Waals surface area contributed by atoms with Crippen LogP contribution in [0.4, 0.5) is 0 Å². The van der Waals surface area contributed by atoms with Crippen LogP contribution < -0.4 is 0 Å². The minimum atomic E-state index is -1.55. The number of ketones is 2. The fourth-order valence-electron chi connectivity index (χ4n) is 4.07. The molecular weight excluding hydrogens is 380 g/mol. The summed E-state index contributed by atoms with van der Waals surface area (Å²) >= 11 is 0. The van der Waals surface area contributed by atoms with Gasteiger partial charge in [-0.25, -0.2) is 0 Å². The molecule has 0 saturated heterocycles. The largest absolute Gasteiger partial charge is 0.465 e. The number of rotatable bonds is 18. The number of unbranched alkanes of at least 4 members (excludes halogenated alkanes) is 15. The third-order valence-corrected chi connectivity index (χ3v) is 6.08. The summed E-state index contributed by atoms with van der Waals surface area (Å²) in [4.78, 5) is 34.9. The molecule has 5 heteroatoms. The van der Waals surface area contributed by atoms with Gasteiger partial charge in [0.15, 0.2) is 17.7 Å². The predicted octanol–water partition coefficient (Wildman–Crippen LogP) is 5.70. The molecule has 0 atom stereocenters. The van der Waals surface area contributed by atoms with E-state index < -0.39 is 29.6 Å². The second-order valence-corrected chi connectivity index (χ2v) is 8.91. The second kappa shape index (κ2) is 17.5. The monoisotopic (exact) mass is 424 g/mol. The third kappa shape index (κ3) is 12.5. The molecule has 0 amide bonds. The first-order chi connectivity index (χ1) is 14.6. The van der Waals surface area contributed by atoms with Crippen molar-refractivity contribution in [2.24, 2.45) is 5.92 Å². The van der Waals surface area contributed by atoms with E-state index in [0.717, 1.165) is 19.3 Å². The van der Waals surface area contributed by atoms with Crippen molar-refractivity contribution in [3.8, 4) is 0 Å². The van der Waals surface area contributed by atoms with E-state index >= 15 is 0 Å². The van der Waals surface area contributed by atoms with Gasteiger partial charge in [0.25, 0.3) is 0 Å². The van der Waals surface area contributed by atoms with E-state index in [0.29, 0.717) is 6.61 Å². The Labute approximate surface area is 183 Å². The molecule has 0 spiro atoms. The molecule has 0 radical (unpaired) electrons. The Morgan fingerprint density at radius 1 is 0.733 bits per heavy atom. The quantitative estimate of drug-likeness (QED) is 0.173. The smallest absolute Gasteiger partial charge is 0.309 e. The number of esters is 1. The SMILES string of the molecule is CCCCCCCCCCCCCCCCCCOC(=O)C1CC(=O)C(O)C(=O)C1. The molecule has 0 heterocycles. The van der Waals surface area contributed by atoms with Gasteiger partial charge >= 0.3 is 5.97 Å². The molecule has 0 aromatic carbocycles. The Hall–Kier alpha value is -1.23. The zero-order valence-corrected chi connectivity index (χ0v) is 19.2. The molecule has 5 nitrogen and oxygen atoms in total. The van der Waals surface area contributed by atoms with Gasteiger partial charge in [-0.15, -0.1) is 0 Å². The van der Waals surface area contributed by atoms with Crippen LogP contribution in [0.2, 0.25) is 0 Å². The highest BCUT2D eigenvalue weighted by molar-refractivity contribution is 6.09. The van der Waals surface area contributed by atoms with Crippen LogP contribution in [-0.4, -0.2) is 35.4 Å². The van der Waals surface area contributed by atoms with E-state index in [1.54, 1.807) is 0 Å². The standard InChI is InChI=1S/C25H44O5/c1-2-3-4-5-6-7-8-9-10-11-12-13-14-15-16-17-18-30-25(29)21-19-22(26)24(28)23(27)20-21/h21,24,28H,2-20H2,1H3. The van der Waals surface area contributed by atoms with Gasteiger partial charge in [-0.1, -0.05) is 103 Å². The number of hydrogen-bond acceptors (Lipinski definition) is 5. The molecule has 0 bridgehead atoms. The van der Waals surface area contributed by atoms with Crippen molar-refractivity contribution >= 4 is 17.5 Å². The number of aliphatic hydroxyl groups excluding tert-OH is 1. The van der Waals surface area contributed by atoms with Crippen molar-refractivity contribution in [3.63, 3.8) is 0 Å². The highest BCUT2D eigenvalue weighted by Gasteiger charge is 2.37. The van der Waals surface area contributed by atoms with Crippen LogP contribution in [0.5, 0.6) is 0 Å². The minimum absolute atomic E-state index is 0.0926. The van der Waals surface area contributed by atoms with Crippen molar-refractivity contribution in [2.75, 3.05) is 6.61 Å². The van der Waals surface area contributed by atoms with Crippen molar-refractivity contribution in [2.45, 2.75) is 129 Å². The molecule has 0 unspecified atom stereocenters. The normalized spacial score (nSPS) is 19.3. The lowest BCUT2D eigenvalue weighted by atomic mass is 9.85. The number of ether oxygens (including phenoxy) is 1. The Morgan fingerprint density at radius 2 is 1.10 bits per heavy atom. The fraction of sp³-hybridized carbons (Fsp3) is 0.880. The lowest BCUT2D eigenvalue weighted by molar-refractivity contribution is -0.157. The van der Waals surface area contributed by atoms with Crippen LogP contribution in [0.15, 0.2) is 0 Å². The second-order valence-electron chi connectivity index (χ2n) is 8.91. The van der Waals surface area contributed by atoms with Crippen LogP contribution in [-0.2, 0) is 19.1 Å². The molecule has 1 aliphatic carbocycles. The number of aliphatic hydroxyl groups is 1. The highest BCUT2D eigenvalue weighted by Crippen LogP contribution is 2.21. The van der Waals surface area contributed by atoms with Gasteiger partial charge in [-0.3, -0.25) is 14.4 Å². The highest BCUT2D eigenvalue weighted by atomic mass is 16.5. The predicted molar refractivity (Wildman–Crippen MR) is 119 cm³/mol. The average Bonchev–Trinajstić information content (AvgIpc) is 2.73. The topological polar surface area (TPSA) is 80.7 Å². The van der Waals surface area contributed by atoms with Crippen LogP contribution in [0, 0.1) is 5.92 Å². The number of carbonyl (C=O) groups is 3. The van der Waals surface area contributed by atoms with Gasteiger partial charge in [-0.05, 0) is 6.42 Å². The molecule has 1 rings (SSSR count). The Bertz CT molecular complexity index is 470. The maximum absolute atomic E-state index is 11.9. The lowest BCUT2D eigenvalue weighted by Crippen LogP contribution is -2.40. The summed E-state index contributed by atoms with van der Waals surface area (Å²) in [7, 11) is 0. The molecule has 30 heavy (non-hydrogen) atoms. The van der Waals surface area contributed by atoms with E-state index in [1.165, 1.54) is 83.5 Å². The molecule has 0 aromatic heterocycles. The van der Waals surface area contributed by atoms with Gasteiger partial charge in [0.2, 0.25) is 0 Å². The summed E-state index contributed by atoms with van der Waals surface area (Å²) in [5, 5.41) is 9.33.